The van der Waals surface area contributed by atoms with E-state index in [1.807, 2.05) is 57.4 Å². The van der Waals surface area contributed by atoms with Crippen molar-refractivity contribution in [2.75, 3.05) is 59.2 Å². The van der Waals surface area contributed by atoms with Gasteiger partial charge in [-0.15, -0.1) is 0 Å². The Morgan fingerprint density at radius 1 is 0.967 bits per heavy atom. The summed E-state index contributed by atoms with van der Waals surface area (Å²) in [5, 5.41) is 5.31. The van der Waals surface area contributed by atoms with E-state index in [-0.39, 0.29) is 6.04 Å². The fourth-order valence-electron chi connectivity index (χ4n) is 3.04. The Morgan fingerprint density at radius 3 is 2.13 bits per heavy atom. The van der Waals surface area contributed by atoms with Gasteiger partial charge in [0.1, 0.15) is 6.04 Å². The number of nitrogens with one attached hydrogen (secondary N) is 3. The van der Waals surface area contributed by atoms with Crippen molar-refractivity contribution in [1.82, 2.24) is 5.32 Å². The molecule has 30 heavy (non-hydrogen) atoms. The average molecular weight is 416 g/mol. The Balaban J connectivity index is 2.00. The van der Waals surface area contributed by atoms with Crippen molar-refractivity contribution in [1.29, 1.82) is 0 Å². The molecule has 2 aromatic carbocycles. The summed E-state index contributed by atoms with van der Waals surface area (Å²) in [5.41, 5.74) is 2.63. The van der Waals surface area contributed by atoms with Gasteiger partial charge in [0.25, 0.3) is 0 Å². The van der Waals surface area contributed by atoms with E-state index in [0.29, 0.717) is 23.7 Å². The molecule has 0 unspecified atom stereocenters. The number of carbonyl (C=O) groups excluding carboxylic acids is 2. The van der Waals surface area contributed by atoms with Gasteiger partial charge in [0.05, 0.1) is 34.9 Å². The number of quaternary nitrogens is 1. The average Bonchev–Trinajstić information content (AvgIpc) is 2.73. The van der Waals surface area contributed by atoms with Gasteiger partial charge >= 0.3 is 11.8 Å². The number of nitrogens with zero attached hydrogens (tertiary/aromatic N) is 1. The quantitative estimate of drug-likeness (QED) is 0.553. The van der Waals surface area contributed by atoms with Crippen LogP contribution in [-0.2, 0) is 9.59 Å². The van der Waals surface area contributed by atoms with Crippen molar-refractivity contribution in [3.05, 3.63) is 48.0 Å². The van der Waals surface area contributed by atoms with Crippen molar-refractivity contribution >= 4 is 23.2 Å². The summed E-state index contributed by atoms with van der Waals surface area (Å²) >= 11 is 0. The minimum atomic E-state index is -0.738. The summed E-state index contributed by atoms with van der Waals surface area (Å²) in [7, 11) is 11.0. The predicted octanol–water partition coefficient (Wildman–Crippen LogP) is 0.710. The predicted molar refractivity (Wildman–Crippen MR) is 118 cm³/mol. The van der Waals surface area contributed by atoms with E-state index >= 15 is 0 Å². The van der Waals surface area contributed by atoms with Gasteiger partial charge in [-0.25, -0.2) is 0 Å². The SMILES string of the molecule is COc1ccc(NC(=O)C(=O)NC[C@H](c2ccc(N(C)C)cc2)[NH+](C)C)cc1OC. The van der Waals surface area contributed by atoms with Crippen LogP contribution in [0.15, 0.2) is 42.5 Å². The van der Waals surface area contributed by atoms with Gasteiger partial charge in [-0.05, 0) is 24.3 Å². The first-order valence-electron chi connectivity index (χ1n) is 9.65. The lowest BCUT2D eigenvalue weighted by molar-refractivity contribution is -0.890. The number of carbonyl (C=O) groups is 2. The molecule has 2 amide bonds. The Morgan fingerprint density at radius 2 is 1.60 bits per heavy atom. The van der Waals surface area contributed by atoms with Crippen LogP contribution in [-0.4, -0.2) is 60.8 Å². The molecule has 0 heterocycles. The van der Waals surface area contributed by atoms with Crippen LogP contribution < -0.4 is 29.9 Å². The molecule has 0 aromatic heterocycles. The molecule has 1 atom stereocenters. The molecule has 8 heteroatoms. The molecule has 0 aliphatic heterocycles. The first kappa shape index (κ1) is 23.0. The van der Waals surface area contributed by atoms with Gasteiger partial charge in [0.15, 0.2) is 11.5 Å². The highest BCUT2D eigenvalue weighted by Crippen LogP contribution is 2.29. The third kappa shape index (κ3) is 5.87. The molecule has 0 aliphatic rings. The van der Waals surface area contributed by atoms with Crippen LogP contribution in [0.2, 0.25) is 0 Å². The van der Waals surface area contributed by atoms with E-state index < -0.39 is 11.8 Å². The molecule has 0 spiro atoms. The van der Waals surface area contributed by atoms with Gasteiger partial charge in [-0.3, -0.25) is 9.59 Å². The van der Waals surface area contributed by atoms with E-state index in [4.69, 9.17) is 9.47 Å². The zero-order valence-electron chi connectivity index (χ0n) is 18.4. The lowest BCUT2D eigenvalue weighted by atomic mass is 10.1. The number of anilines is 2. The molecule has 0 bridgehead atoms. The molecule has 3 N–H and O–H groups in total. The lowest BCUT2D eigenvalue weighted by Crippen LogP contribution is -3.07. The normalized spacial score (nSPS) is 11.6. The van der Waals surface area contributed by atoms with Crippen molar-refractivity contribution in [2.45, 2.75) is 6.04 Å². The number of hydrogen-bond donors (Lipinski definition) is 3. The molecule has 0 fully saturated rings. The maximum absolute atomic E-state index is 12.3. The van der Waals surface area contributed by atoms with Crippen molar-refractivity contribution < 1.29 is 24.0 Å². The van der Waals surface area contributed by atoms with Gasteiger partial charge in [0.2, 0.25) is 0 Å². The summed E-state index contributed by atoms with van der Waals surface area (Å²) in [6.45, 7) is 0.335. The number of benzene rings is 2. The second-order valence-corrected chi connectivity index (χ2v) is 7.35. The standard InChI is InChI=1S/C22H30N4O4/c1-25(2)17-10-7-15(8-11-17)18(26(3)4)14-23-21(27)22(28)24-16-9-12-19(29-5)20(13-16)30-6/h7-13,18H,14H2,1-6H3,(H,23,27)(H,24,28)/p+1/t18-/m1/s1. The van der Waals surface area contributed by atoms with Crippen LogP contribution in [0.3, 0.4) is 0 Å². The summed E-state index contributed by atoms with van der Waals surface area (Å²) in [4.78, 5) is 27.8. The van der Waals surface area contributed by atoms with Crippen LogP contribution in [0.4, 0.5) is 11.4 Å². The van der Waals surface area contributed by atoms with E-state index in [9.17, 15) is 9.59 Å². The summed E-state index contributed by atoms with van der Waals surface area (Å²) in [6.07, 6.45) is 0. The lowest BCUT2D eigenvalue weighted by Gasteiger charge is -2.23. The molecule has 2 aromatic rings. The smallest absolute Gasteiger partial charge is 0.313 e. The third-order valence-corrected chi connectivity index (χ3v) is 4.82. The van der Waals surface area contributed by atoms with E-state index in [0.717, 1.165) is 16.2 Å². The number of hydrogen-bond acceptors (Lipinski definition) is 5. The van der Waals surface area contributed by atoms with Crippen LogP contribution in [0.25, 0.3) is 0 Å². The first-order valence-corrected chi connectivity index (χ1v) is 9.65. The highest BCUT2D eigenvalue weighted by atomic mass is 16.5. The summed E-state index contributed by atoms with van der Waals surface area (Å²) in [6, 6.07) is 13.1. The zero-order valence-corrected chi connectivity index (χ0v) is 18.4. The van der Waals surface area contributed by atoms with Gasteiger partial charge in [-0.2, -0.15) is 0 Å². The molecule has 0 saturated heterocycles. The molecule has 0 saturated carbocycles. The minimum absolute atomic E-state index is 0.0130. The van der Waals surface area contributed by atoms with Gasteiger partial charge in [0, 0.05) is 37.1 Å². The molecule has 8 nitrogen and oxygen atoms in total. The number of likely N-dealkylation sites (N-methyl/N-ethyl adjacent to an activating group) is 1. The molecular formula is C22H31N4O4+. The largest absolute Gasteiger partial charge is 0.493 e. The Hall–Kier alpha value is -3.26. The Labute approximate surface area is 177 Å². The molecule has 162 valence electrons. The van der Waals surface area contributed by atoms with E-state index in [1.54, 1.807) is 18.2 Å². The topological polar surface area (TPSA) is 84.3 Å². The second-order valence-electron chi connectivity index (χ2n) is 7.35. The fraction of sp³-hybridized carbons (Fsp3) is 0.364. The zero-order chi connectivity index (χ0) is 22.3. The second kappa shape index (κ2) is 10.5. The summed E-state index contributed by atoms with van der Waals surface area (Å²) in [5.74, 6) is -0.427. The maximum atomic E-state index is 12.3. The monoisotopic (exact) mass is 415 g/mol. The van der Waals surface area contributed by atoms with E-state index in [2.05, 4.69) is 10.6 Å². The number of ether oxygens (including phenoxy) is 2. The van der Waals surface area contributed by atoms with E-state index in [1.165, 1.54) is 14.2 Å². The van der Waals surface area contributed by atoms with Crippen LogP contribution in [0, 0.1) is 0 Å². The highest BCUT2D eigenvalue weighted by molar-refractivity contribution is 6.39. The van der Waals surface area contributed by atoms with Crippen molar-refractivity contribution in [3.63, 3.8) is 0 Å². The minimum Gasteiger partial charge on any atom is -0.493 e. The fourth-order valence-corrected chi connectivity index (χ4v) is 3.04. The van der Waals surface area contributed by atoms with Crippen LogP contribution >= 0.6 is 0 Å². The van der Waals surface area contributed by atoms with Gasteiger partial charge < -0.3 is 29.9 Å². The Kier molecular flexibility index (Phi) is 8.06. The third-order valence-electron chi connectivity index (χ3n) is 4.82. The van der Waals surface area contributed by atoms with Crippen LogP contribution in [0.1, 0.15) is 11.6 Å². The number of amides is 2. The first-order chi connectivity index (χ1) is 14.3. The molecular weight excluding hydrogens is 384 g/mol. The van der Waals surface area contributed by atoms with Crippen molar-refractivity contribution in [3.8, 4) is 11.5 Å². The maximum Gasteiger partial charge on any atom is 0.313 e. The molecule has 0 aliphatic carbocycles. The Bertz CT molecular complexity index is 866. The highest BCUT2D eigenvalue weighted by Gasteiger charge is 2.22. The van der Waals surface area contributed by atoms with Gasteiger partial charge in [-0.1, -0.05) is 12.1 Å². The van der Waals surface area contributed by atoms with Crippen molar-refractivity contribution in [2.24, 2.45) is 0 Å². The van der Waals surface area contributed by atoms with Crippen LogP contribution in [0.5, 0.6) is 11.5 Å². The number of methoxy groups -OCH3 is 2. The molecule has 0 radical (unpaired) electrons. The molecule has 2 rings (SSSR count). The summed E-state index contributed by atoms with van der Waals surface area (Å²) < 4.78 is 10.4. The number of rotatable bonds is 8.